The number of unbranched alkanes of at least 4 members (excludes halogenated alkanes) is 4. The molecular formula is C42H56N2O2. The predicted octanol–water partition coefficient (Wildman–Crippen LogP) is 12.1. The molecule has 246 valence electrons. The van der Waals surface area contributed by atoms with Crippen LogP contribution >= 0.6 is 0 Å². The summed E-state index contributed by atoms with van der Waals surface area (Å²) in [6.45, 7) is 13.0. The number of phenolic OH excluding ortho intramolecular Hbond substituents is 2. The van der Waals surface area contributed by atoms with Gasteiger partial charge in [0.25, 0.3) is 0 Å². The highest BCUT2D eigenvalue weighted by Crippen LogP contribution is 2.33. The molecule has 4 nitrogen and oxygen atoms in total. The van der Waals surface area contributed by atoms with Gasteiger partial charge in [0.2, 0.25) is 0 Å². The maximum absolute atomic E-state index is 9.53. The molecule has 4 rings (SSSR count). The summed E-state index contributed by atoms with van der Waals surface area (Å²) < 4.78 is 0. The number of aliphatic imine (C=N–C) groups is 2. The van der Waals surface area contributed by atoms with E-state index in [-0.39, 0.29) is 11.5 Å². The Morgan fingerprint density at radius 1 is 0.609 bits per heavy atom. The molecule has 0 bridgehead atoms. The second-order valence-corrected chi connectivity index (χ2v) is 12.5. The molecule has 46 heavy (non-hydrogen) atoms. The number of phenols is 2. The summed E-state index contributed by atoms with van der Waals surface area (Å²) in [5.74, 6) is -0.112. The van der Waals surface area contributed by atoms with Crippen LogP contribution in [0.5, 0.6) is 11.5 Å². The van der Waals surface area contributed by atoms with Crippen molar-refractivity contribution in [1.29, 1.82) is 0 Å². The molecule has 0 unspecified atom stereocenters. The van der Waals surface area contributed by atoms with Gasteiger partial charge in [0.15, 0.2) is 11.5 Å². The van der Waals surface area contributed by atoms with E-state index >= 15 is 0 Å². The van der Waals surface area contributed by atoms with Crippen LogP contribution in [-0.4, -0.2) is 22.1 Å². The van der Waals surface area contributed by atoms with Crippen LogP contribution in [0.15, 0.2) is 76.7 Å². The average molecular weight is 621 g/mol. The Bertz CT molecular complexity index is 1580. The Hall–Kier alpha value is -3.92. The van der Waals surface area contributed by atoms with E-state index in [9.17, 15) is 10.2 Å². The molecular weight excluding hydrogens is 564 g/mol. The van der Waals surface area contributed by atoms with Crippen molar-refractivity contribution < 1.29 is 10.2 Å². The number of fused-ring (bicyclic) bond motifs is 1. The minimum atomic E-state index is -0.0712. The normalized spacial score (nSPS) is 11.7. The first kappa shape index (κ1) is 36.5. The highest BCUT2D eigenvalue weighted by atomic mass is 16.3. The van der Waals surface area contributed by atoms with Gasteiger partial charge in [-0.1, -0.05) is 89.3 Å². The van der Waals surface area contributed by atoms with Crippen LogP contribution < -0.4 is 0 Å². The lowest BCUT2D eigenvalue weighted by Crippen LogP contribution is -1.97. The van der Waals surface area contributed by atoms with Gasteiger partial charge in [-0.05, 0) is 129 Å². The largest absolute Gasteiger partial charge is 0.504 e. The molecule has 0 fully saturated rings. The number of aryl methyl sites for hydroxylation is 5. The van der Waals surface area contributed by atoms with Gasteiger partial charge in [0, 0.05) is 11.6 Å². The van der Waals surface area contributed by atoms with Crippen molar-refractivity contribution in [3.05, 3.63) is 94.5 Å². The van der Waals surface area contributed by atoms with Crippen LogP contribution in [-0.2, 0) is 25.7 Å². The Balaban J connectivity index is 0.000000365. The first-order valence-electron chi connectivity index (χ1n) is 17.5. The maximum Gasteiger partial charge on any atom is 0.165 e. The number of hydrogen-bond acceptors (Lipinski definition) is 4. The molecule has 4 heteroatoms. The van der Waals surface area contributed by atoms with Crippen LogP contribution in [0.2, 0.25) is 0 Å². The summed E-state index contributed by atoms with van der Waals surface area (Å²) in [6, 6.07) is 22.5. The van der Waals surface area contributed by atoms with Crippen LogP contribution in [0.3, 0.4) is 0 Å². The highest BCUT2D eigenvalue weighted by molar-refractivity contribution is 6.30. The number of aromatic hydroxyl groups is 2. The van der Waals surface area contributed by atoms with Crippen molar-refractivity contribution in [2.45, 2.75) is 119 Å². The van der Waals surface area contributed by atoms with Crippen molar-refractivity contribution in [3.63, 3.8) is 0 Å². The quantitative estimate of drug-likeness (QED) is 0.103. The Labute approximate surface area is 278 Å². The van der Waals surface area contributed by atoms with Gasteiger partial charge in [-0.25, -0.2) is 0 Å². The zero-order chi connectivity index (χ0) is 33.3. The lowest BCUT2D eigenvalue weighted by Gasteiger charge is -2.10. The van der Waals surface area contributed by atoms with E-state index in [1.165, 1.54) is 92.5 Å². The number of benzene rings is 4. The molecule has 0 radical (unpaired) electrons. The van der Waals surface area contributed by atoms with Gasteiger partial charge in [-0.15, -0.1) is 0 Å². The fourth-order valence-corrected chi connectivity index (χ4v) is 5.60. The van der Waals surface area contributed by atoms with E-state index in [0.29, 0.717) is 5.39 Å². The molecule has 0 atom stereocenters. The fraction of sp³-hybridized carbons (Fsp3) is 0.429. The summed E-state index contributed by atoms with van der Waals surface area (Å²) in [5.41, 5.74) is 10.0. The standard InChI is InChI=1S/C31H46N2.C11H10O2/c1-6-10-14-26-18-20-30(22-28(26)16-12-8-3)32-24-25(5)33-31-21-19-27(15-11-7-2)29(23-31)17-13-9-4;1-7-2-3-8-4-5-10(12)11(13)9(8)6-7/h18-24H,6-17H2,1-5H3;2-6,12-13H,1H3. The van der Waals surface area contributed by atoms with Crippen LogP contribution in [0.1, 0.15) is 114 Å². The van der Waals surface area contributed by atoms with E-state index in [1.54, 1.807) is 6.07 Å². The second-order valence-electron chi connectivity index (χ2n) is 12.5. The zero-order valence-electron chi connectivity index (χ0n) is 29.2. The molecule has 4 aromatic carbocycles. The van der Waals surface area contributed by atoms with E-state index in [4.69, 9.17) is 9.98 Å². The SMILES string of the molecule is CCCCc1ccc(N=CC(C)=Nc2ccc(CCCC)c(CCCC)c2)cc1CCCC.Cc1ccc2ccc(O)c(O)c2c1. The third-order valence-corrected chi connectivity index (χ3v) is 8.41. The third-order valence-electron chi connectivity index (χ3n) is 8.41. The molecule has 0 heterocycles. The minimum absolute atomic E-state index is 0.0406. The van der Waals surface area contributed by atoms with E-state index < -0.39 is 0 Å². The number of rotatable bonds is 15. The van der Waals surface area contributed by atoms with Gasteiger partial charge in [0.05, 0.1) is 17.1 Å². The molecule has 0 spiro atoms. The van der Waals surface area contributed by atoms with E-state index in [2.05, 4.69) is 64.1 Å². The molecule has 0 saturated carbocycles. The summed E-state index contributed by atoms with van der Waals surface area (Å²) in [7, 11) is 0. The Kier molecular flexibility index (Phi) is 15.5. The van der Waals surface area contributed by atoms with Crippen LogP contribution in [0.25, 0.3) is 10.8 Å². The third kappa shape index (κ3) is 11.5. The lowest BCUT2D eigenvalue weighted by atomic mass is 9.97. The monoisotopic (exact) mass is 620 g/mol. The Morgan fingerprint density at radius 3 is 1.67 bits per heavy atom. The molecule has 0 amide bonds. The summed E-state index contributed by atoms with van der Waals surface area (Å²) in [5, 5.41) is 20.4. The molecule has 4 aromatic rings. The topological polar surface area (TPSA) is 65.2 Å². The summed E-state index contributed by atoms with van der Waals surface area (Å²) in [4.78, 5) is 9.63. The summed E-state index contributed by atoms with van der Waals surface area (Å²) in [6.07, 6.45) is 16.5. The minimum Gasteiger partial charge on any atom is -0.504 e. The first-order chi connectivity index (χ1) is 22.3. The predicted molar refractivity (Wildman–Crippen MR) is 200 cm³/mol. The summed E-state index contributed by atoms with van der Waals surface area (Å²) >= 11 is 0. The number of hydrogen-bond donors (Lipinski definition) is 2. The average Bonchev–Trinajstić information content (AvgIpc) is 3.06. The van der Waals surface area contributed by atoms with Gasteiger partial charge in [-0.2, -0.15) is 0 Å². The van der Waals surface area contributed by atoms with Crippen molar-refractivity contribution in [2.24, 2.45) is 9.98 Å². The number of nitrogens with zero attached hydrogens (tertiary/aromatic N) is 2. The molecule has 2 N–H and O–H groups in total. The fourth-order valence-electron chi connectivity index (χ4n) is 5.60. The van der Waals surface area contributed by atoms with Crippen molar-refractivity contribution >= 4 is 34.1 Å². The smallest absolute Gasteiger partial charge is 0.165 e. The highest BCUT2D eigenvalue weighted by Gasteiger charge is 2.07. The Morgan fingerprint density at radius 2 is 1.11 bits per heavy atom. The molecule has 0 aliphatic carbocycles. The first-order valence-corrected chi connectivity index (χ1v) is 17.5. The van der Waals surface area contributed by atoms with E-state index in [1.807, 2.05) is 38.3 Å². The molecule has 0 aliphatic rings. The van der Waals surface area contributed by atoms with Gasteiger partial charge >= 0.3 is 0 Å². The van der Waals surface area contributed by atoms with Crippen molar-refractivity contribution in [1.82, 2.24) is 0 Å². The second kappa shape index (κ2) is 19.6. The molecule has 0 saturated heterocycles. The van der Waals surface area contributed by atoms with Crippen LogP contribution in [0.4, 0.5) is 11.4 Å². The van der Waals surface area contributed by atoms with Gasteiger partial charge in [-0.3, -0.25) is 9.98 Å². The molecule has 0 aromatic heterocycles. The van der Waals surface area contributed by atoms with Gasteiger partial charge in [0.1, 0.15) is 0 Å². The lowest BCUT2D eigenvalue weighted by molar-refractivity contribution is 0.408. The van der Waals surface area contributed by atoms with E-state index in [0.717, 1.165) is 40.9 Å². The van der Waals surface area contributed by atoms with Crippen molar-refractivity contribution in [3.8, 4) is 11.5 Å². The van der Waals surface area contributed by atoms with Crippen LogP contribution in [0, 0.1) is 6.92 Å². The molecule has 0 aliphatic heterocycles. The van der Waals surface area contributed by atoms with Gasteiger partial charge < -0.3 is 10.2 Å². The van der Waals surface area contributed by atoms with Crippen molar-refractivity contribution in [2.75, 3.05) is 0 Å². The maximum atomic E-state index is 9.53. The zero-order valence-corrected chi connectivity index (χ0v) is 29.2.